The van der Waals surface area contributed by atoms with Crippen LogP contribution in [-0.2, 0) is 0 Å². The summed E-state index contributed by atoms with van der Waals surface area (Å²) in [4.78, 5) is 19.4. The molecule has 4 aromatic rings. The first-order valence-electron chi connectivity index (χ1n) is 12.0. The second kappa shape index (κ2) is 9.04. The maximum absolute atomic E-state index is 6.64. The van der Waals surface area contributed by atoms with Gasteiger partial charge in [-0.3, -0.25) is 0 Å². The van der Waals surface area contributed by atoms with Crippen molar-refractivity contribution in [2.45, 2.75) is 18.9 Å². The number of nitrogens with zero attached hydrogens (tertiary/aromatic N) is 9. The zero-order valence-corrected chi connectivity index (χ0v) is 20.4. The lowest BCUT2D eigenvalue weighted by atomic mass is 10.2. The Morgan fingerprint density at radius 2 is 1.61 bits per heavy atom. The fourth-order valence-corrected chi connectivity index (χ4v) is 4.74. The second-order valence-corrected chi connectivity index (χ2v) is 9.32. The van der Waals surface area contributed by atoms with Crippen LogP contribution in [0.1, 0.15) is 12.8 Å². The fraction of sp³-hybridized carbons (Fsp3) is 0.269. The van der Waals surface area contributed by atoms with E-state index in [1.54, 1.807) is 12.4 Å². The molecule has 6 heterocycles. The molecule has 0 spiro atoms. The second-order valence-electron chi connectivity index (χ2n) is 9.32. The van der Waals surface area contributed by atoms with E-state index in [9.17, 15) is 0 Å². The van der Waals surface area contributed by atoms with Gasteiger partial charge in [0, 0.05) is 31.5 Å². The Hall–Kier alpha value is -4.31. The quantitative estimate of drug-likeness (QED) is 0.485. The first-order valence-corrected chi connectivity index (χ1v) is 12.0. The Labute approximate surface area is 208 Å². The lowest BCUT2D eigenvalue weighted by Gasteiger charge is -2.23. The minimum absolute atomic E-state index is 0.434. The van der Waals surface area contributed by atoms with Crippen molar-refractivity contribution in [2.75, 3.05) is 27.2 Å². The number of rotatable bonds is 3. The molecule has 1 unspecified atom stereocenters. The van der Waals surface area contributed by atoms with Crippen LogP contribution in [0, 0.1) is 0 Å². The third kappa shape index (κ3) is 4.16. The van der Waals surface area contributed by atoms with Gasteiger partial charge in [-0.15, -0.1) is 0 Å². The molecule has 0 saturated carbocycles. The van der Waals surface area contributed by atoms with Gasteiger partial charge in [-0.1, -0.05) is 12.1 Å². The van der Waals surface area contributed by atoms with E-state index in [1.165, 1.54) is 0 Å². The van der Waals surface area contributed by atoms with E-state index in [0.717, 1.165) is 53.5 Å². The van der Waals surface area contributed by atoms with Crippen LogP contribution in [0.4, 0.5) is 11.4 Å². The Kier molecular flexibility index (Phi) is 5.57. The van der Waals surface area contributed by atoms with Crippen molar-refractivity contribution in [1.29, 1.82) is 0 Å². The maximum atomic E-state index is 6.64. The van der Waals surface area contributed by atoms with Crippen LogP contribution < -0.4 is 5.73 Å². The van der Waals surface area contributed by atoms with Crippen LogP contribution in [-0.4, -0.2) is 79.6 Å². The van der Waals surface area contributed by atoms with E-state index < -0.39 is 0 Å². The van der Waals surface area contributed by atoms with Crippen molar-refractivity contribution in [3.8, 4) is 0 Å². The van der Waals surface area contributed by atoms with Gasteiger partial charge in [-0.25, -0.2) is 24.0 Å². The molecule has 4 aromatic heterocycles. The lowest BCUT2D eigenvalue weighted by molar-refractivity contribution is 0.301. The minimum Gasteiger partial charge on any atom is -0.396 e. The van der Waals surface area contributed by atoms with E-state index in [0.29, 0.717) is 24.0 Å². The van der Waals surface area contributed by atoms with Crippen molar-refractivity contribution >= 4 is 39.8 Å². The number of amidine groups is 2. The zero-order chi connectivity index (χ0) is 24.6. The zero-order valence-electron chi connectivity index (χ0n) is 20.4. The number of pyridine rings is 2. The molecule has 10 heteroatoms. The summed E-state index contributed by atoms with van der Waals surface area (Å²) in [6.45, 7) is 1.76. The third-order valence-electron chi connectivity index (χ3n) is 6.67. The van der Waals surface area contributed by atoms with Crippen molar-refractivity contribution in [2.24, 2.45) is 20.7 Å². The smallest absolute Gasteiger partial charge is 0.154 e. The molecule has 0 aromatic carbocycles. The average Bonchev–Trinajstić information content (AvgIpc) is 3.60. The standard InChI is InChI=1S/C26H28N10/c1-33(2)19-9-12-34(17-19)26-20(27)13-18(30-21-15-28-35-10-5-3-7-23(21)35)14-25(32-26)31-22-16-29-36-11-6-4-8-24(22)36/h3-8,10-11,13,15-16,19H,9,12,14,17,27H2,1-2H3. The highest BCUT2D eigenvalue weighted by Gasteiger charge is 2.29. The topological polar surface area (TPSA) is 104 Å². The van der Waals surface area contributed by atoms with Gasteiger partial charge in [0.2, 0.25) is 0 Å². The molecule has 2 aliphatic rings. The van der Waals surface area contributed by atoms with Crippen LogP contribution >= 0.6 is 0 Å². The predicted octanol–water partition coefficient (Wildman–Crippen LogP) is 3.07. The average molecular weight is 481 g/mol. The molecule has 10 nitrogen and oxygen atoms in total. The SMILES string of the molecule is CN(C)C1CCN(C2=NC(=Nc3cnn4ccccc34)CC(=Nc3cnn4ccccc34)C=C2N)C1. The molecular formula is C26H28N10. The first-order chi connectivity index (χ1) is 17.5. The van der Waals surface area contributed by atoms with Gasteiger partial charge >= 0.3 is 0 Å². The minimum atomic E-state index is 0.434. The van der Waals surface area contributed by atoms with Gasteiger partial charge in [0.25, 0.3) is 0 Å². The van der Waals surface area contributed by atoms with Crippen molar-refractivity contribution in [1.82, 2.24) is 29.0 Å². The fourth-order valence-electron chi connectivity index (χ4n) is 4.74. The van der Waals surface area contributed by atoms with E-state index in [1.807, 2.05) is 63.9 Å². The van der Waals surface area contributed by atoms with Crippen molar-refractivity contribution < 1.29 is 0 Å². The molecule has 1 saturated heterocycles. The van der Waals surface area contributed by atoms with Gasteiger partial charge in [-0.2, -0.15) is 10.2 Å². The third-order valence-corrected chi connectivity index (χ3v) is 6.67. The number of likely N-dealkylation sites (tertiary alicyclic amines) is 1. The highest BCUT2D eigenvalue weighted by atomic mass is 15.3. The molecular weight excluding hydrogens is 452 g/mol. The van der Waals surface area contributed by atoms with Gasteiger partial charge < -0.3 is 15.5 Å². The van der Waals surface area contributed by atoms with Crippen LogP contribution in [0.2, 0.25) is 0 Å². The molecule has 6 rings (SSSR count). The number of likely N-dealkylation sites (N-methyl/N-ethyl adjacent to an activating group) is 1. The van der Waals surface area contributed by atoms with E-state index in [4.69, 9.17) is 20.7 Å². The summed E-state index contributed by atoms with van der Waals surface area (Å²) in [5.74, 6) is 1.39. The number of nitrogens with two attached hydrogens (primary N) is 1. The summed E-state index contributed by atoms with van der Waals surface area (Å²) < 4.78 is 3.62. The molecule has 0 radical (unpaired) electrons. The van der Waals surface area contributed by atoms with Crippen molar-refractivity contribution in [3.63, 3.8) is 0 Å². The Bertz CT molecular complexity index is 1550. The van der Waals surface area contributed by atoms with E-state index in [2.05, 4.69) is 34.1 Å². The lowest BCUT2D eigenvalue weighted by Crippen LogP contribution is -2.37. The van der Waals surface area contributed by atoms with Crippen molar-refractivity contribution in [3.05, 3.63) is 73.0 Å². The summed E-state index contributed by atoms with van der Waals surface area (Å²) >= 11 is 0. The Morgan fingerprint density at radius 3 is 2.25 bits per heavy atom. The van der Waals surface area contributed by atoms with Crippen LogP contribution in [0.25, 0.3) is 11.0 Å². The number of hydrogen-bond donors (Lipinski definition) is 1. The summed E-state index contributed by atoms with van der Waals surface area (Å²) in [5.41, 5.74) is 11.4. The van der Waals surface area contributed by atoms with E-state index >= 15 is 0 Å². The molecule has 2 aliphatic heterocycles. The maximum Gasteiger partial charge on any atom is 0.154 e. The molecule has 0 amide bonds. The summed E-state index contributed by atoms with van der Waals surface area (Å²) in [7, 11) is 4.22. The Balaban J connectivity index is 1.43. The normalized spacial score (nSPS) is 21.1. The van der Waals surface area contributed by atoms with Gasteiger partial charge in [0.05, 0.1) is 41.3 Å². The highest BCUT2D eigenvalue weighted by molar-refractivity contribution is 6.20. The predicted molar refractivity (Wildman–Crippen MR) is 143 cm³/mol. The van der Waals surface area contributed by atoms with Crippen LogP contribution in [0.15, 0.2) is 87.9 Å². The highest BCUT2D eigenvalue weighted by Crippen LogP contribution is 2.25. The molecule has 0 bridgehead atoms. The molecule has 1 atom stereocenters. The molecule has 36 heavy (non-hydrogen) atoms. The molecule has 2 N–H and O–H groups in total. The van der Waals surface area contributed by atoms with E-state index in [-0.39, 0.29) is 0 Å². The summed E-state index contributed by atoms with van der Waals surface area (Å²) in [5, 5.41) is 8.85. The largest absolute Gasteiger partial charge is 0.396 e. The molecule has 1 fully saturated rings. The number of hydrogen-bond acceptors (Lipinski definition) is 7. The van der Waals surface area contributed by atoms with Crippen LogP contribution in [0.5, 0.6) is 0 Å². The number of allylic oxidation sites excluding steroid dienone is 1. The van der Waals surface area contributed by atoms with Crippen LogP contribution in [0.3, 0.4) is 0 Å². The first kappa shape index (κ1) is 22.2. The molecule has 0 aliphatic carbocycles. The Morgan fingerprint density at radius 1 is 0.944 bits per heavy atom. The van der Waals surface area contributed by atoms with Gasteiger partial charge in [0.15, 0.2) is 5.84 Å². The number of fused-ring (bicyclic) bond motifs is 2. The monoisotopic (exact) mass is 480 g/mol. The number of aromatic nitrogens is 4. The summed E-state index contributed by atoms with van der Waals surface area (Å²) in [6.07, 6.45) is 10.8. The number of aliphatic imine (C=N–C) groups is 3. The van der Waals surface area contributed by atoms with Gasteiger partial charge in [-0.05, 0) is 50.9 Å². The molecule has 182 valence electrons. The van der Waals surface area contributed by atoms with Gasteiger partial charge in [0.1, 0.15) is 17.2 Å². The summed E-state index contributed by atoms with van der Waals surface area (Å²) in [6, 6.07) is 12.3.